The van der Waals surface area contributed by atoms with Crippen LogP contribution in [0.15, 0.2) is 18.2 Å². The van der Waals surface area contributed by atoms with Crippen LogP contribution in [0.1, 0.15) is 44.6 Å². The fourth-order valence-electron chi connectivity index (χ4n) is 2.76. The summed E-state index contributed by atoms with van der Waals surface area (Å²) >= 11 is 6.11. The molecular formula is C15H21ClN2O2. The lowest BCUT2D eigenvalue weighted by Gasteiger charge is -2.16. The van der Waals surface area contributed by atoms with Crippen LogP contribution in [0, 0.1) is 16.0 Å². The third kappa shape index (κ3) is 4.18. The van der Waals surface area contributed by atoms with E-state index in [4.69, 9.17) is 11.6 Å². The number of benzene rings is 1. The third-order valence-electron chi connectivity index (χ3n) is 4.08. The predicted molar refractivity (Wildman–Crippen MR) is 81.0 cm³/mol. The highest BCUT2D eigenvalue weighted by atomic mass is 35.5. The maximum absolute atomic E-state index is 10.8. The van der Waals surface area contributed by atoms with Crippen molar-refractivity contribution in [3.63, 3.8) is 0 Å². The van der Waals surface area contributed by atoms with Gasteiger partial charge in [-0.1, -0.05) is 31.4 Å². The van der Waals surface area contributed by atoms with Crippen LogP contribution < -0.4 is 5.32 Å². The van der Waals surface area contributed by atoms with E-state index in [-0.39, 0.29) is 10.6 Å². The van der Waals surface area contributed by atoms with Crippen LogP contribution in [0.3, 0.4) is 0 Å². The normalized spacial score (nSPS) is 23.3. The highest BCUT2D eigenvalue weighted by Crippen LogP contribution is 2.25. The summed E-state index contributed by atoms with van der Waals surface area (Å²) in [6, 6.07) is 5.11. The quantitative estimate of drug-likeness (QED) is 0.512. The Bertz CT molecular complexity index is 479. The van der Waals surface area contributed by atoms with Gasteiger partial charge in [-0.2, -0.15) is 0 Å². The van der Waals surface area contributed by atoms with E-state index in [9.17, 15) is 10.1 Å². The van der Waals surface area contributed by atoms with E-state index >= 15 is 0 Å². The van der Waals surface area contributed by atoms with E-state index in [1.54, 1.807) is 12.1 Å². The minimum absolute atomic E-state index is 0.0979. The summed E-state index contributed by atoms with van der Waals surface area (Å²) in [5.41, 5.74) is 0.902. The summed E-state index contributed by atoms with van der Waals surface area (Å²) < 4.78 is 0. The molecule has 5 heteroatoms. The Morgan fingerprint density at radius 2 is 2.15 bits per heavy atom. The van der Waals surface area contributed by atoms with Crippen molar-refractivity contribution >= 4 is 17.3 Å². The van der Waals surface area contributed by atoms with E-state index in [1.807, 2.05) is 0 Å². The third-order valence-corrected chi connectivity index (χ3v) is 4.45. The second-order valence-corrected chi connectivity index (χ2v) is 6.13. The first-order chi connectivity index (χ1) is 9.56. The van der Waals surface area contributed by atoms with Gasteiger partial charge in [0.05, 0.1) is 4.92 Å². The molecule has 20 heavy (non-hydrogen) atoms. The summed E-state index contributed by atoms with van der Waals surface area (Å²) in [6.45, 7) is 2.90. The van der Waals surface area contributed by atoms with E-state index < -0.39 is 0 Å². The average Bonchev–Trinajstić information content (AvgIpc) is 2.62. The second kappa shape index (κ2) is 7.04. The standard InChI is InChI=1S/C15H21ClN2O2/c1-11-3-2-4-13(6-5-11)17-10-12-9-14(18(19)20)7-8-15(12)16/h7-9,11,13,17H,2-6,10H2,1H3. The van der Waals surface area contributed by atoms with Crippen LogP contribution in [-0.2, 0) is 6.54 Å². The molecule has 4 nitrogen and oxygen atoms in total. The van der Waals surface area contributed by atoms with Crippen LogP contribution in [0.25, 0.3) is 0 Å². The highest BCUT2D eigenvalue weighted by Gasteiger charge is 2.16. The number of nitrogens with one attached hydrogen (secondary N) is 1. The van der Waals surface area contributed by atoms with E-state index in [0.717, 1.165) is 11.5 Å². The highest BCUT2D eigenvalue weighted by molar-refractivity contribution is 6.31. The zero-order valence-corrected chi connectivity index (χ0v) is 12.5. The lowest BCUT2D eigenvalue weighted by Crippen LogP contribution is -2.28. The second-order valence-electron chi connectivity index (χ2n) is 5.72. The first-order valence-corrected chi connectivity index (χ1v) is 7.60. The zero-order chi connectivity index (χ0) is 14.5. The van der Waals surface area contributed by atoms with Gasteiger partial charge in [0.1, 0.15) is 0 Å². The van der Waals surface area contributed by atoms with Gasteiger partial charge in [0.15, 0.2) is 0 Å². The number of nitro benzene ring substituents is 1. The Balaban J connectivity index is 1.96. The maximum Gasteiger partial charge on any atom is 0.269 e. The molecule has 2 unspecified atom stereocenters. The molecular weight excluding hydrogens is 276 g/mol. The van der Waals surface area contributed by atoms with Crippen molar-refractivity contribution < 1.29 is 4.92 Å². The molecule has 1 aromatic carbocycles. The molecule has 2 atom stereocenters. The first kappa shape index (κ1) is 15.3. The predicted octanol–water partition coefficient (Wildman–Crippen LogP) is 4.31. The SMILES string of the molecule is CC1CCCC(NCc2cc([N+](=O)[O-])ccc2Cl)CC1. The molecule has 0 aliphatic heterocycles. The van der Waals surface area contributed by atoms with Crippen LogP contribution >= 0.6 is 11.6 Å². The van der Waals surface area contributed by atoms with Crippen LogP contribution in [0.2, 0.25) is 5.02 Å². The molecule has 0 aromatic heterocycles. The fraction of sp³-hybridized carbons (Fsp3) is 0.600. The van der Waals surface area contributed by atoms with Crippen LogP contribution in [0.5, 0.6) is 0 Å². The van der Waals surface area contributed by atoms with Gasteiger partial charge in [0, 0.05) is 29.7 Å². The van der Waals surface area contributed by atoms with Crippen LogP contribution in [-0.4, -0.2) is 11.0 Å². The topological polar surface area (TPSA) is 55.2 Å². The minimum Gasteiger partial charge on any atom is -0.310 e. The molecule has 1 saturated carbocycles. The van der Waals surface area contributed by atoms with Crippen LogP contribution in [0.4, 0.5) is 5.69 Å². The molecule has 0 spiro atoms. The minimum atomic E-state index is -0.382. The molecule has 1 N–H and O–H groups in total. The molecule has 0 bridgehead atoms. The molecule has 1 aliphatic rings. The molecule has 0 radical (unpaired) electrons. The molecule has 1 fully saturated rings. The molecule has 0 amide bonds. The van der Waals surface area contributed by atoms with E-state index in [1.165, 1.54) is 38.2 Å². The van der Waals surface area contributed by atoms with Crippen molar-refractivity contribution in [1.82, 2.24) is 5.32 Å². The molecule has 0 heterocycles. The Morgan fingerprint density at radius 1 is 1.35 bits per heavy atom. The Morgan fingerprint density at radius 3 is 2.90 bits per heavy atom. The summed E-state index contributed by atoms with van der Waals surface area (Å²) in [6.07, 6.45) is 6.15. The van der Waals surface area contributed by atoms with Gasteiger partial charge in [-0.15, -0.1) is 0 Å². The number of hydrogen-bond donors (Lipinski definition) is 1. The van der Waals surface area contributed by atoms with Crippen molar-refractivity contribution in [3.8, 4) is 0 Å². The number of hydrogen-bond acceptors (Lipinski definition) is 3. The number of nitro groups is 1. The van der Waals surface area contributed by atoms with Gasteiger partial charge in [-0.3, -0.25) is 10.1 Å². The summed E-state index contributed by atoms with van der Waals surface area (Å²) in [5, 5.41) is 14.9. The van der Waals surface area contributed by atoms with Gasteiger partial charge in [0.25, 0.3) is 5.69 Å². The fourth-order valence-corrected chi connectivity index (χ4v) is 2.94. The molecule has 2 rings (SSSR count). The average molecular weight is 297 g/mol. The van der Waals surface area contributed by atoms with Crippen molar-refractivity contribution in [1.29, 1.82) is 0 Å². The number of rotatable bonds is 4. The monoisotopic (exact) mass is 296 g/mol. The van der Waals surface area contributed by atoms with Gasteiger partial charge >= 0.3 is 0 Å². The molecule has 1 aromatic rings. The Kier molecular flexibility index (Phi) is 5.38. The van der Waals surface area contributed by atoms with Crippen molar-refractivity contribution in [2.24, 2.45) is 5.92 Å². The zero-order valence-electron chi connectivity index (χ0n) is 11.8. The summed E-state index contributed by atoms with van der Waals surface area (Å²) in [5.74, 6) is 0.809. The van der Waals surface area contributed by atoms with Crippen molar-refractivity contribution in [3.05, 3.63) is 38.9 Å². The number of halogens is 1. The van der Waals surface area contributed by atoms with Gasteiger partial charge in [-0.25, -0.2) is 0 Å². The lowest BCUT2D eigenvalue weighted by atomic mass is 10.0. The number of non-ortho nitro benzene ring substituents is 1. The van der Waals surface area contributed by atoms with Gasteiger partial charge in [-0.05, 0) is 36.8 Å². The summed E-state index contributed by atoms with van der Waals surface area (Å²) in [7, 11) is 0. The smallest absolute Gasteiger partial charge is 0.269 e. The van der Waals surface area contributed by atoms with Gasteiger partial charge < -0.3 is 5.32 Å². The van der Waals surface area contributed by atoms with Crippen molar-refractivity contribution in [2.45, 2.75) is 51.6 Å². The molecule has 1 aliphatic carbocycles. The molecule has 0 saturated heterocycles. The largest absolute Gasteiger partial charge is 0.310 e. The van der Waals surface area contributed by atoms with E-state index in [2.05, 4.69) is 12.2 Å². The number of nitrogens with zero attached hydrogens (tertiary/aromatic N) is 1. The first-order valence-electron chi connectivity index (χ1n) is 7.22. The Hall–Kier alpha value is -1.13. The lowest BCUT2D eigenvalue weighted by molar-refractivity contribution is -0.384. The van der Waals surface area contributed by atoms with E-state index in [0.29, 0.717) is 17.6 Å². The van der Waals surface area contributed by atoms with Gasteiger partial charge in [0.2, 0.25) is 0 Å². The summed E-state index contributed by atoms with van der Waals surface area (Å²) in [4.78, 5) is 10.4. The Labute approximate surface area is 124 Å². The van der Waals surface area contributed by atoms with Crippen molar-refractivity contribution in [2.75, 3.05) is 0 Å². The molecule has 110 valence electrons. The maximum atomic E-state index is 10.8.